The van der Waals surface area contributed by atoms with E-state index in [4.69, 9.17) is 15.7 Å². The van der Waals surface area contributed by atoms with Gasteiger partial charge in [-0.15, -0.1) is 0 Å². The molecule has 0 unspecified atom stereocenters. The number of nitrogens with zero attached hydrogens (tertiary/aromatic N) is 3. The second-order valence-electron chi connectivity index (χ2n) is 4.71. The van der Waals surface area contributed by atoms with Gasteiger partial charge in [0, 0.05) is 17.8 Å². The molecule has 0 bridgehead atoms. The smallest absolute Gasteiger partial charge is 0.172 e. The number of rotatable bonds is 4. The Balaban J connectivity index is 2.56. The molecule has 106 valence electrons. The van der Waals surface area contributed by atoms with E-state index in [0.717, 1.165) is 5.69 Å². The monoisotopic (exact) mass is 274 g/mol. The molecule has 0 amide bonds. The molecule has 0 aliphatic rings. The normalized spacial score (nSPS) is 11.9. The average molecular weight is 274 g/mol. The SMILES string of the molecule is COc1ccc(/C(N)=N/O)c(-n2ccc(C(C)C)n2)c1. The summed E-state index contributed by atoms with van der Waals surface area (Å²) < 4.78 is 6.91. The minimum Gasteiger partial charge on any atom is -0.497 e. The van der Waals surface area contributed by atoms with Crippen molar-refractivity contribution < 1.29 is 9.94 Å². The van der Waals surface area contributed by atoms with Crippen molar-refractivity contribution in [3.63, 3.8) is 0 Å². The van der Waals surface area contributed by atoms with E-state index in [2.05, 4.69) is 24.1 Å². The average Bonchev–Trinajstić information content (AvgIpc) is 2.95. The number of nitrogens with two attached hydrogens (primary N) is 1. The molecule has 0 saturated heterocycles. The van der Waals surface area contributed by atoms with Gasteiger partial charge in [0.25, 0.3) is 0 Å². The fraction of sp³-hybridized carbons (Fsp3) is 0.286. The molecule has 2 rings (SSSR count). The molecular weight excluding hydrogens is 256 g/mol. The topological polar surface area (TPSA) is 85.7 Å². The van der Waals surface area contributed by atoms with Gasteiger partial charge in [-0.1, -0.05) is 19.0 Å². The number of ether oxygens (including phenoxy) is 1. The third-order valence-corrected chi connectivity index (χ3v) is 3.04. The van der Waals surface area contributed by atoms with E-state index in [-0.39, 0.29) is 5.84 Å². The Morgan fingerprint density at radius 2 is 2.15 bits per heavy atom. The van der Waals surface area contributed by atoms with Gasteiger partial charge in [0.1, 0.15) is 5.75 Å². The summed E-state index contributed by atoms with van der Waals surface area (Å²) in [4.78, 5) is 0. The van der Waals surface area contributed by atoms with Gasteiger partial charge in [-0.05, 0) is 24.1 Å². The Morgan fingerprint density at radius 3 is 2.70 bits per heavy atom. The maximum absolute atomic E-state index is 8.88. The molecule has 0 spiro atoms. The van der Waals surface area contributed by atoms with Crippen LogP contribution < -0.4 is 10.5 Å². The zero-order chi connectivity index (χ0) is 14.7. The maximum Gasteiger partial charge on any atom is 0.172 e. The summed E-state index contributed by atoms with van der Waals surface area (Å²) in [7, 11) is 1.59. The van der Waals surface area contributed by atoms with Crippen molar-refractivity contribution in [3.05, 3.63) is 41.7 Å². The molecule has 3 N–H and O–H groups in total. The first-order chi connectivity index (χ1) is 9.56. The van der Waals surface area contributed by atoms with Gasteiger partial charge >= 0.3 is 0 Å². The molecule has 0 atom stereocenters. The predicted molar refractivity (Wildman–Crippen MR) is 76.7 cm³/mol. The number of hydrogen-bond donors (Lipinski definition) is 2. The molecular formula is C14H18N4O2. The van der Waals surface area contributed by atoms with Crippen LogP contribution >= 0.6 is 0 Å². The van der Waals surface area contributed by atoms with E-state index >= 15 is 0 Å². The standard InChI is InChI=1S/C14H18N4O2/c1-9(2)12-6-7-18(16-12)13-8-10(20-3)4-5-11(13)14(15)17-19/h4-9,19H,1-3H3,(H2,15,17). The number of amidine groups is 1. The highest BCUT2D eigenvalue weighted by Gasteiger charge is 2.13. The van der Waals surface area contributed by atoms with Crippen molar-refractivity contribution in [2.24, 2.45) is 10.9 Å². The van der Waals surface area contributed by atoms with Crippen LogP contribution in [0.2, 0.25) is 0 Å². The highest BCUT2D eigenvalue weighted by molar-refractivity contribution is 6.00. The summed E-state index contributed by atoms with van der Waals surface area (Å²) in [5.41, 5.74) is 7.97. The van der Waals surface area contributed by atoms with E-state index in [0.29, 0.717) is 22.9 Å². The summed E-state index contributed by atoms with van der Waals surface area (Å²) >= 11 is 0. The Bertz CT molecular complexity index is 632. The molecule has 0 aliphatic carbocycles. The molecule has 20 heavy (non-hydrogen) atoms. The van der Waals surface area contributed by atoms with Gasteiger partial charge in [0.2, 0.25) is 0 Å². The van der Waals surface area contributed by atoms with Crippen LogP contribution in [0.25, 0.3) is 5.69 Å². The third-order valence-electron chi connectivity index (χ3n) is 3.04. The molecule has 0 aliphatic heterocycles. The first-order valence-electron chi connectivity index (χ1n) is 6.28. The second-order valence-corrected chi connectivity index (χ2v) is 4.71. The van der Waals surface area contributed by atoms with E-state index in [1.165, 1.54) is 0 Å². The summed E-state index contributed by atoms with van der Waals surface area (Å²) in [6.45, 7) is 4.14. The lowest BCUT2D eigenvalue weighted by Crippen LogP contribution is -2.16. The summed E-state index contributed by atoms with van der Waals surface area (Å²) in [6.07, 6.45) is 1.85. The first-order valence-corrected chi connectivity index (χ1v) is 6.28. The lowest BCUT2D eigenvalue weighted by molar-refractivity contribution is 0.318. The highest BCUT2D eigenvalue weighted by atomic mass is 16.5. The minimum atomic E-state index is 0.0317. The summed E-state index contributed by atoms with van der Waals surface area (Å²) in [5.74, 6) is 1.04. The van der Waals surface area contributed by atoms with Crippen LogP contribution in [-0.4, -0.2) is 27.9 Å². The van der Waals surface area contributed by atoms with Crippen LogP contribution in [0.5, 0.6) is 5.75 Å². The van der Waals surface area contributed by atoms with Gasteiger partial charge in [-0.25, -0.2) is 4.68 Å². The molecule has 6 nitrogen and oxygen atoms in total. The van der Waals surface area contributed by atoms with E-state index < -0.39 is 0 Å². The molecule has 1 aromatic heterocycles. The quantitative estimate of drug-likeness (QED) is 0.387. The number of aromatic nitrogens is 2. The second kappa shape index (κ2) is 5.64. The Kier molecular flexibility index (Phi) is 3.93. The predicted octanol–water partition coefficient (Wildman–Crippen LogP) is 2.10. The lowest BCUT2D eigenvalue weighted by Gasteiger charge is -2.10. The molecule has 0 radical (unpaired) electrons. The third kappa shape index (κ3) is 2.59. The van der Waals surface area contributed by atoms with Crippen molar-refractivity contribution in [3.8, 4) is 11.4 Å². The lowest BCUT2D eigenvalue weighted by atomic mass is 10.1. The maximum atomic E-state index is 8.88. The molecule has 1 heterocycles. The fourth-order valence-electron chi connectivity index (χ4n) is 1.88. The Labute approximate surface area is 117 Å². The van der Waals surface area contributed by atoms with Gasteiger partial charge < -0.3 is 15.7 Å². The number of benzene rings is 1. The van der Waals surface area contributed by atoms with Crippen molar-refractivity contribution >= 4 is 5.84 Å². The first kappa shape index (κ1) is 13.9. The zero-order valence-corrected chi connectivity index (χ0v) is 11.7. The highest BCUT2D eigenvalue weighted by Crippen LogP contribution is 2.22. The molecule has 6 heteroatoms. The largest absolute Gasteiger partial charge is 0.497 e. The molecule has 1 aromatic carbocycles. The van der Waals surface area contributed by atoms with Crippen molar-refractivity contribution in [2.75, 3.05) is 7.11 Å². The molecule has 0 saturated carbocycles. The number of oxime groups is 1. The van der Waals surface area contributed by atoms with Crippen molar-refractivity contribution in [2.45, 2.75) is 19.8 Å². The van der Waals surface area contributed by atoms with Crippen molar-refractivity contribution in [1.29, 1.82) is 0 Å². The van der Waals surface area contributed by atoms with E-state index in [9.17, 15) is 0 Å². The van der Waals surface area contributed by atoms with E-state index in [1.807, 2.05) is 12.3 Å². The summed E-state index contributed by atoms with van der Waals surface area (Å²) in [6, 6.07) is 7.23. The van der Waals surface area contributed by atoms with Crippen LogP contribution in [0.4, 0.5) is 0 Å². The number of hydrogen-bond acceptors (Lipinski definition) is 4. The van der Waals surface area contributed by atoms with Crippen molar-refractivity contribution in [1.82, 2.24) is 9.78 Å². The fourth-order valence-corrected chi connectivity index (χ4v) is 1.88. The van der Waals surface area contributed by atoms with Crippen LogP contribution in [0.15, 0.2) is 35.6 Å². The van der Waals surface area contributed by atoms with Gasteiger partial charge in [-0.3, -0.25) is 0 Å². The van der Waals surface area contributed by atoms with Gasteiger partial charge in [0.05, 0.1) is 18.5 Å². The van der Waals surface area contributed by atoms with Crippen LogP contribution in [0.3, 0.4) is 0 Å². The van der Waals surface area contributed by atoms with Crippen LogP contribution in [0.1, 0.15) is 31.0 Å². The molecule has 0 fully saturated rings. The Hall–Kier alpha value is -2.50. The van der Waals surface area contributed by atoms with Crippen LogP contribution in [-0.2, 0) is 0 Å². The van der Waals surface area contributed by atoms with Gasteiger partial charge in [0.15, 0.2) is 5.84 Å². The molecule has 2 aromatic rings. The van der Waals surface area contributed by atoms with E-state index in [1.54, 1.807) is 30.0 Å². The number of methoxy groups -OCH3 is 1. The minimum absolute atomic E-state index is 0.0317. The Morgan fingerprint density at radius 1 is 1.40 bits per heavy atom. The zero-order valence-electron chi connectivity index (χ0n) is 11.7. The van der Waals surface area contributed by atoms with Crippen LogP contribution in [0, 0.1) is 0 Å². The van der Waals surface area contributed by atoms with Gasteiger partial charge in [-0.2, -0.15) is 5.10 Å². The summed E-state index contributed by atoms with van der Waals surface area (Å²) in [5, 5.41) is 16.4.